The first-order valence-corrected chi connectivity index (χ1v) is 9.79. The Labute approximate surface area is 175 Å². The Morgan fingerprint density at radius 2 is 1.73 bits per heavy atom. The summed E-state index contributed by atoms with van der Waals surface area (Å²) in [6, 6.07) is 10.9. The highest BCUT2D eigenvalue weighted by atomic mass is 19.1. The topological polar surface area (TPSA) is 79.9 Å². The highest BCUT2D eigenvalue weighted by Crippen LogP contribution is 2.30. The summed E-state index contributed by atoms with van der Waals surface area (Å²) in [6.45, 7) is 1.52. The average molecular weight is 415 g/mol. The molecule has 0 aromatic heterocycles. The molecule has 0 unspecified atom stereocenters. The SMILES string of the molecule is COc1ccc(OC)c(NC(=O)C2CCN(CC(=O)Nc3ccc(F)cc3)CC2)c1. The minimum absolute atomic E-state index is 0.0723. The van der Waals surface area contributed by atoms with Crippen molar-refractivity contribution in [2.75, 3.05) is 44.5 Å². The molecule has 3 rings (SSSR count). The van der Waals surface area contributed by atoms with Crippen molar-refractivity contribution in [3.63, 3.8) is 0 Å². The van der Waals surface area contributed by atoms with Crippen LogP contribution in [0.25, 0.3) is 0 Å². The number of nitrogens with zero attached hydrogens (tertiary/aromatic N) is 1. The van der Waals surface area contributed by atoms with Crippen molar-refractivity contribution < 1.29 is 23.5 Å². The number of anilines is 2. The molecule has 1 heterocycles. The maximum Gasteiger partial charge on any atom is 0.238 e. The fourth-order valence-corrected chi connectivity index (χ4v) is 3.44. The largest absolute Gasteiger partial charge is 0.497 e. The minimum Gasteiger partial charge on any atom is -0.497 e. The maximum atomic E-state index is 12.9. The Balaban J connectivity index is 1.48. The second-order valence-corrected chi connectivity index (χ2v) is 7.16. The predicted molar refractivity (Wildman–Crippen MR) is 112 cm³/mol. The van der Waals surface area contributed by atoms with Crippen molar-refractivity contribution >= 4 is 23.2 Å². The molecule has 0 spiro atoms. The Kier molecular flexibility index (Phi) is 7.24. The summed E-state index contributed by atoms with van der Waals surface area (Å²) in [4.78, 5) is 26.9. The number of likely N-dealkylation sites (tertiary alicyclic amines) is 1. The van der Waals surface area contributed by atoms with Gasteiger partial charge in [-0.3, -0.25) is 14.5 Å². The molecule has 1 aliphatic heterocycles. The van der Waals surface area contributed by atoms with E-state index in [0.29, 0.717) is 48.8 Å². The Morgan fingerprint density at radius 3 is 2.37 bits per heavy atom. The van der Waals surface area contributed by atoms with Crippen LogP contribution in [-0.4, -0.2) is 50.6 Å². The van der Waals surface area contributed by atoms with Gasteiger partial charge in [0.1, 0.15) is 17.3 Å². The molecule has 0 aliphatic carbocycles. The normalized spacial score (nSPS) is 14.8. The van der Waals surface area contributed by atoms with Gasteiger partial charge in [-0.15, -0.1) is 0 Å². The third-order valence-electron chi connectivity index (χ3n) is 5.12. The van der Waals surface area contributed by atoms with E-state index >= 15 is 0 Å². The second-order valence-electron chi connectivity index (χ2n) is 7.16. The monoisotopic (exact) mass is 415 g/mol. The minimum atomic E-state index is -0.347. The van der Waals surface area contributed by atoms with Gasteiger partial charge in [-0.1, -0.05) is 0 Å². The lowest BCUT2D eigenvalue weighted by atomic mass is 9.95. The molecule has 1 aliphatic rings. The fourth-order valence-electron chi connectivity index (χ4n) is 3.44. The number of rotatable bonds is 7. The second kappa shape index (κ2) is 10.1. The van der Waals surface area contributed by atoms with Gasteiger partial charge in [-0.25, -0.2) is 4.39 Å². The van der Waals surface area contributed by atoms with Crippen molar-refractivity contribution in [3.8, 4) is 11.5 Å². The first-order chi connectivity index (χ1) is 14.5. The van der Waals surface area contributed by atoms with Crippen LogP contribution in [0.5, 0.6) is 11.5 Å². The van der Waals surface area contributed by atoms with Crippen molar-refractivity contribution in [2.45, 2.75) is 12.8 Å². The van der Waals surface area contributed by atoms with Gasteiger partial charge in [-0.2, -0.15) is 0 Å². The smallest absolute Gasteiger partial charge is 0.238 e. The van der Waals surface area contributed by atoms with Crippen LogP contribution < -0.4 is 20.1 Å². The van der Waals surface area contributed by atoms with E-state index in [0.717, 1.165) is 0 Å². The number of halogens is 1. The van der Waals surface area contributed by atoms with Crippen molar-refractivity contribution in [1.29, 1.82) is 0 Å². The highest BCUT2D eigenvalue weighted by Gasteiger charge is 2.26. The molecule has 0 radical (unpaired) electrons. The number of hydrogen-bond acceptors (Lipinski definition) is 5. The van der Waals surface area contributed by atoms with E-state index in [1.54, 1.807) is 32.4 Å². The number of carbonyl (C=O) groups is 2. The van der Waals surface area contributed by atoms with Crippen LogP contribution in [0.1, 0.15) is 12.8 Å². The van der Waals surface area contributed by atoms with Gasteiger partial charge in [0.2, 0.25) is 11.8 Å². The molecule has 0 atom stereocenters. The predicted octanol–water partition coefficient (Wildman–Crippen LogP) is 3.13. The quantitative estimate of drug-likeness (QED) is 0.726. The summed E-state index contributed by atoms with van der Waals surface area (Å²) in [5.74, 6) is 0.479. The standard InChI is InChI=1S/C22H26FN3O4/c1-29-18-7-8-20(30-2)19(13-18)25-22(28)15-9-11-26(12-10-15)14-21(27)24-17-5-3-16(23)4-6-17/h3-8,13,15H,9-12,14H2,1-2H3,(H,24,27)(H,25,28). The maximum absolute atomic E-state index is 12.9. The summed E-state index contributed by atoms with van der Waals surface area (Å²) in [6.07, 6.45) is 1.31. The molecule has 1 saturated heterocycles. The van der Waals surface area contributed by atoms with E-state index in [1.807, 2.05) is 4.90 Å². The molecular weight excluding hydrogens is 389 g/mol. The number of amides is 2. The third kappa shape index (κ3) is 5.70. The third-order valence-corrected chi connectivity index (χ3v) is 5.12. The molecule has 2 aromatic rings. The Bertz CT molecular complexity index is 880. The lowest BCUT2D eigenvalue weighted by molar-refractivity contribution is -0.121. The summed E-state index contributed by atoms with van der Waals surface area (Å²) in [7, 11) is 3.11. The Hall–Kier alpha value is -3.13. The van der Waals surface area contributed by atoms with Crippen molar-refractivity contribution in [2.24, 2.45) is 5.92 Å². The van der Waals surface area contributed by atoms with Gasteiger partial charge in [0, 0.05) is 17.7 Å². The van der Waals surface area contributed by atoms with E-state index in [4.69, 9.17) is 9.47 Å². The van der Waals surface area contributed by atoms with Gasteiger partial charge >= 0.3 is 0 Å². The number of nitrogens with one attached hydrogen (secondary N) is 2. The average Bonchev–Trinajstić information content (AvgIpc) is 2.75. The first kappa shape index (κ1) is 21.6. The van der Waals surface area contributed by atoms with Crippen LogP contribution in [0.3, 0.4) is 0 Å². The van der Waals surface area contributed by atoms with E-state index in [9.17, 15) is 14.0 Å². The van der Waals surface area contributed by atoms with Gasteiger partial charge in [-0.05, 0) is 62.3 Å². The fraction of sp³-hybridized carbons (Fsp3) is 0.364. The molecule has 1 fully saturated rings. The zero-order chi connectivity index (χ0) is 21.5. The molecular formula is C22H26FN3O4. The molecule has 2 N–H and O–H groups in total. The molecule has 30 heavy (non-hydrogen) atoms. The lowest BCUT2D eigenvalue weighted by Crippen LogP contribution is -2.41. The highest BCUT2D eigenvalue weighted by molar-refractivity contribution is 5.94. The van der Waals surface area contributed by atoms with Crippen molar-refractivity contribution in [1.82, 2.24) is 4.90 Å². The van der Waals surface area contributed by atoms with Crippen molar-refractivity contribution in [3.05, 3.63) is 48.3 Å². The number of carbonyl (C=O) groups excluding carboxylic acids is 2. The zero-order valence-electron chi connectivity index (χ0n) is 17.1. The molecule has 0 saturated carbocycles. The molecule has 160 valence electrons. The summed E-state index contributed by atoms with van der Waals surface area (Å²) in [5, 5.41) is 5.68. The van der Waals surface area contributed by atoms with E-state index in [2.05, 4.69) is 10.6 Å². The van der Waals surface area contributed by atoms with E-state index in [-0.39, 0.29) is 30.1 Å². The van der Waals surface area contributed by atoms with Crippen LogP contribution in [0.15, 0.2) is 42.5 Å². The summed E-state index contributed by atoms with van der Waals surface area (Å²) < 4.78 is 23.5. The van der Waals surface area contributed by atoms with Crippen LogP contribution in [0, 0.1) is 11.7 Å². The molecule has 2 amide bonds. The van der Waals surface area contributed by atoms with Crippen LogP contribution in [0.2, 0.25) is 0 Å². The number of piperidine rings is 1. The van der Waals surface area contributed by atoms with Crippen LogP contribution in [-0.2, 0) is 9.59 Å². The van der Waals surface area contributed by atoms with Gasteiger partial charge < -0.3 is 20.1 Å². The van der Waals surface area contributed by atoms with Gasteiger partial charge in [0.05, 0.1) is 26.5 Å². The van der Waals surface area contributed by atoms with E-state index < -0.39 is 0 Å². The summed E-state index contributed by atoms with van der Waals surface area (Å²) >= 11 is 0. The number of hydrogen-bond donors (Lipinski definition) is 2. The lowest BCUT2D eigenvalue weighted by Gasteiger charge is -2.30. The summed E-state index contributed by atoms with van der Waals surface area (Å²) in [5.41, 5.74) is 1.13. The molecule has 2 aromatic carbocycles. The first-order valence-electron chi connectivity index (χ1n) is 9.79. The zero-order valence-corrected chi connectivity index (χ0v) is 17.1. The van der Waals surface area contributed by atoms with Crippen LogP contribution in [0.4, 0.5) is 15.8 Å². The van der Waals surface area contributed by atoms with Gasteiger partial charge in [0.25, 0.3) is 0 Å². The molecule has 0 bridgehead atoms. The number of ether oxygens (including phenoxy) is 2. The number of methoxy groups -OCH3 is 2. The van der Waals surface area contributed by atoms with Gasteiger partial charge in [0.15, 0.2) is 0 Å². The molecule has 7 nitrogen and oxygen atoms in total. The Morgan fingerprint density at radius 1 is 1.03 bits per heavy atom. The number of benzene rings is 2. The van der Waals surface area contributed by atoms with E-state index in [1.165, 1.54) is 24.3 Å². The molecule has 8 heteroatoms. The van der Waals surface area contributed by atoms with Crippen LogP contribution >= 0.6 is 0 Å².